The molecule has 86 valence electrons. The Morgan fingerprint density at radius 2 is 2.25 bits per heavy atom. The van der Waals surface area contributed by atoms with Gasteiger partial charge in [0.15, 0.2) is 0 Å². The molecule has 1 atom stereocenters. The van der Waals surface area contributed by atoms with Crippen LogP contribution in [0.2, 0.25) is 0 Å². The van der Waals surface area contributed by atoms with Crippen LogP contribution in [0.1, 0.15) is 19.8 Å². The van der Waals surface area contributed by atoms with Gasteiger partial charge in [-0.05, 0) is 43.4 Å². The molecule has 4 heteroatoms. The number of fused-ring (bicyclic) bond motifs is 1. The van der Waals surface area contributed by atoms with Crippen LogP contribution >= 0.6 is 11.5 Å². The molecule has 0 aliphatic rings. The van der Waals surface area contributed by atoms with E-state index in [1.807, 2.05) is 25.1 Å². The van der Waals surface area contributed by atoms with Gasteiger partial charge in [-0.1, -0.05) is 12.1 Å². The van der Waals surface area contributed by atoms with Crippen molar-refractivity contribution in [2.24, 2.45) is 5.73 Å². The molecule has 3 nitrogen and oxygen atoms in total. The lowest BCUT2D eigenvalue weighted by Gasteiger charge is -2.06. The Hall–Kier alpha value is -1.13. The highest BCUT2D eigenvalue weighted by atomic mass is 32.1. The molecule has 2 aromatic rings. The maximum absolute atomic E-state index is 5.70. The maximum Gasteiger partial charge on any atom is 0.117 e. The third-order valence-electron chi connectivity index (χ3n) is 2.51. The number of anilines is 1. The monoisotopic (exact) mass is 235 g/mol. The highest BCUT2D eigenvalue weighted by Crippen LogP contribution is 2.27. The lowest BCUT2D eigenvalue weighted by molar-refractivity contribution is 0.640. The van der Waals surface area contributed by atoms with Crippen molar-refractivity contribution in [2.45, 2.75) is 25.8 Å². The number of rotatable bonds is 5. The standard InChI is InChI=1S/C12H17N3S/c1-9(13)5-4-8-14-12-10-6-2-3-7-11(10)15-16-12/h2-3,6-7,9,14H,4-5,8,13H2,1H3. The molecule has 0 fully saturated rings. The van der Waals surface area contributed by atoms with Crippen LogP contribution in [-0.4, -0.2) is 17.0 Å². The molecule has 0 aliphatic carbocycles. The van der Waals surface area contributed by atoms with Gasteiger partial charge in [0.1, 0.15) is 5.00 Å². The summed E-state index contributed by atoms with van der Waals surface area (Å²) in [6.07, 6.45) is 2.16. The van der Waals surface area contributed by atoms with E-state index in [1.165, 1.54) is 21.9 Å². The van der Waals surface area contributed by atoms with Crippen LogP contribution in [0, 0.1) is 0 Å². The number of benzene rings is 1. The van der Waals surface area contributed by atoms with Crippen molar-refractivity contribution in [2.75, 3.05) is 11.9 Å². The third kappa shape index (κ3) is 2.71. The molecule has 0 aliphatic heterocycles. The minimum absolute atomic E-state index is 0.292. The summed E-state index contributed by atoms with van der Waals surface area (Å²) in [4.78, 5) is 0. The maximum atomic E-state index is 5.70. The van der Waals surface area contributed by atoms with Gasteiger partial charge in [-0.25, -0.2) is 0 Å². The smallest absolute Gasteiger partial charge is 0.117 e. The van der Waals surface area contributed by atoms with E-state index in [0.717, 1.165) is 24.9 Å². The molecule has 0 spiro atoms. The van der Waals surface area contributed by atoms with E-state index in [0.29, 0.717) is 6.04 Å². The van der Waals surface area contributed by atoms with Crippen molar-refractivity contribution in [1.82, 2.24) is 4.37 Å². The van der Waals surface area contributed by atoms with Crippen molar-refractivity contribution in [3.05, 3.63) is 24.3 Å². The molecular formula is C12H17N3S. The third-order valence-corrected chi connectivity index (χ3v) is 3.34. The van der Waals surface area contributed by atoms with E-state index in [1.54, 1.807) is 0 Å². The lowest BCUT2D eigenvalue weighted by atomic mass is 10.2. The summed E-state index contributed by atoms with van der Waals surface area (Å²) in [5.74, 6) is 0. The predicted octanol–water partition coefficient (Wildman–Crippen LogP) is 2.84. The first-order chi connectivity index (χ1) is 7.77. The fraction of sp³-hybridized carbons (Fsp3) is 0.417. The van der Waals surface area contributed by atoms with E-state index < -0.39 is 0 Å². The fourth-order valence-corrected chi connectivity index (χ4v) is 2.43. The molecule has 1 unspecified atom stereocenters. The van der Waals surface area contributed by atoms with Crippen LogP contribution in [0.15, 0.2) is 24.3 Å². The largest absolute Gasteiger partial charge is 0.375 e. The van der Waals surface area contributed by atoms with Gasteiger partial charge in [-0.3, -0.25) is 0 Å². The zero-order valence-corrected chi connectivity index (χ0v) is 10.3. The van der Waals surface area contributed by atoms with Crippen molar-refractivity contribution in [1.29, 1.82) is 0 Å². The van der Waals surface area contributed by atoms with Crippen LogP contribution in [0.25, 0.3) is 10.9 Å². The number of nitrogens with one attached hydrogen (secondary N) is 1. The molecule has 16 heavy (non-hydrogen) atoms. The summed E-state index contributed by atoms with van der Waals surface area (Å²) in [5.41, 5.74) is 6.78. The highest BCUT2D eigenvalue weighted by molar-refractivity contribution is 7.11. The van der Waals surface area contributed by atoms with Crippen molar-refractivity contribution >= 4 is 27.4 Å². The van der Waals surface area contributed by atoms with Crippen LogP contribution in [0.4, 0.5) is 5.00 Å². The Balaban J connectivity index is 1.94. The molecule has 0 amide bonds. The van der Waals surface area contributed by atoms with E-state index in [2.05, 4.69) is 15.8 Å². The summed E-state index contributed by atoms with van der Waals surface area (Å²) in [6.45, 7) is 3.01. The fourth-order valence-electron chi connectivity index (χ4n) is 1.64. The zero-order valence-electron chi connectivity index (χ0n) is 9.44. The molecule has 0 saturated heterocycles. The van der Waals surface area contributed by atoms with E-state index in [-0.39, 0.29) is 0 Å². The number of hydrogen-bond acceptors (Lipinski definition) is 4. The predicted molar refractivity (Wildman–Crippen MR) is 71.0 cm³/mol. The lowest BCUT2D eigenvalue weighted by Crippen LogP contribution is -2.16. The number of aromatic nitrogens is 1. The van der Waals surface area contributed by atoms with Gasteiger partial charge < -0.3 is 11.1 Å². The number of nitrogens with zero attached hydrogens (tertiary/aromatic N) is 1. The molecule has 0 saturated carbocycles. The summed E-state index contributed by atoms with van der Waals surface area (Å²) in [5, 5.41) is 5.81. The van der Waals surface area contributed by atoms with Crippen molar-refractivity contribution in [3.63, 3.8) is 0 Å². The van der Waals surface area contributed by atoms with Crippen LogP contribution < -0.4 is 11.1 Å². The first-order valence-corrected chi connectivity index (χ1v) is 6.38. The normalized spacial score (nSPS) is 12.9. The minimum Gasteiger partial charge on any atom is -0.375 e. The Morgan fingerprint density at radius 3 is 3.06 bits per heavy atom. The molecule has 2 rings (SSSR count). The molecular weight excluding hydrogens is 218 g/mol. The Kier molecular flexibility index (Phi) is 3.74. The highest BCUT2D eigenvalue weighted by Gasteiger charge is 2.03. The summed E-state index contributed by atoms with van der Waals surface area (Å²) in [7, 11) is 0. The Labute approximate surface area is 99.8 Å². The van der Waals surface area contributed by atoms with E-state index in [4.69, 9.17) is 5.73 Å². The van der Waals surface area contributed by atoms with Gasteiger partial charge in [-0.15, -0.1) is 0 Å². The van der Waals surface area contributed by atoms with Gasteiger partial charge in [0.05, 0.1) is 5.52 Å². The van der Waals surface area contributed by atoms with Gasteiger partial charge in [0.25, 0.3) is 0 Å². The van der Waals surface area contributed by atoms with E-state index >= 15 is 0 Å². The summed E-state index contributed by atoms with van der Waals surface area (Å²) in [6, 6.07) is 8.50. The molecule has 0 radical (unpaired) electrons. The SMILES string of the molecule is CC(N)CCCNc1snc2ccccc12. The topological polar surface area (TPSA) is 50.9 Å². The van der Waals surface area contributed by atoms with Gasteiger partial charge >= 0.3 is 0 Å². The van der Waals surface area contributed by atoms with Crippen molar-refractivity contribution in [3.8, 4) is 0 Å². The van der Waals surface area contributed by atoms with Crippen LogP contribution in [0.5, 0.6) is 0 Å². The molecule has 1 heterocycles. The first kappa shape index (κ1) is 11.4. The summed E-state index contributed by atoms with van der Waals surface area (Å²) < 4.78 is 4.39. The molecule has 3 N–H and O–H groups in total. The van der Waals surface area contributed by atoms with Gasteiger partial charge in [0.2, 0.25) is 0 Å². The quantitative estimate of drug-likeness (QED) is 0.783. The second-order valence-electron chi connectivity index (χ2n) is 4.08. The molecule has 1 aromatic carbocycles. The minimum atomic E-state index is 0.292. The Morgan fingerprint density at radius 1 is 1.44 bits per heavy atom. The summed E-state index contributed by atoms with van der Waals surface area (Å²) >= 11 is 1.53. The van der Waals surface area contributed by atoms with Crippen LogP contribution in [0.3, 0.4) is 0 Å². The number of nitrogens with two attached hydrogens (primary N) is 1. The van der Waals surface area contributed by atoms with Gasteiger partial charge in [-0.2, -0.15) is 4.37 Å². The first-order valence-electron chi connectivity index (χ1n) is 5.61. The van der Waals surface area contributed by atoms with Gasteiger partial charge in [0, 0.05) is 18.0 Å². The van der Waals surface area contributed by atoms with Crippen molar-refractivity contribution < 1.29 is 0 Å². The Bertz CT molecular complexity index is 450. The zero-order chi connectivity index (χ0) is 11.4. The second-order valence-corrected chi connectivity index (χ2v) is 4.85. The average molecular weight is 235 g/mol. The van der Waals surface area contributed by atoms with Crippen LogP contribution in [-0.2, 0) is 0 Å². The average Bonchev–Trinajstić information content (AvgIpc) is 2.68. The number of hydrogen-bond donors (Lipinski definition) is 2. The van der Waals surface area contributed by atoms with E-state index in [9.17, 15) is 0 Å². The molecule has 1 aromatic heterocycles. The second kappa shape index (κ2) is 5.27. The molecule has 0 bridgehead atoms.